The molecule has 128 valence electrons. The summed E-state index contributed by atoms with van der Waals surface area (Å²) in [7, 11) is 0. The third-order valence-electron chi connectivity index (χ3n) is 3.42. The van der Waals surface area contributed by atoms with Crippen molar-refractivity contribution in [2.24, 2.45) is 0 Å². The van der Waals surface area contributed by atoms with Crippen LogP contribution in [0.1, 0.15) is 0 Å². The van der Waals surface area contributed by atoms with Gasteiger partial charge in [-0.1, -0.05) is 23.2 Å². The van der Waals surface area contributed by atoms with Crippen LogP contribution in [0.3, 0.4) is 0 Å². The number of halogens is 2. The zero-order valence-electron chi connectivity index (χ0n) is 11.9. The van der Waals surface area contributed by atoms with Gasteiger partial charge in [-0.05, 0) is 12.1 Å². The number of nitro benzene ring substituents is 2. The highest BCUT2D eigenvalue weighted by Gasteiger charge is 2.27. The van der Waals surface area contributed by atoms with Gasteiger partial charge in [-0.25, -0.2) is 4.79 Å². The number of aromatic amines is 1. The van der Waals surface area contributed by atoms with Gasteiger partial charge in [-0.3, -0.25) is 24.8 Å². The summed E-state index contributed by atoms with van der Waals surface area (Å²) in [6.07, 6.45) is 0. The Morgan fingerprint density at radius 3 is 2.24 bits per heavy atom. The summed E-state index contributed by atoms with van der Waals surface area (Å²) >= 11 is 11.7. The second-order valence-electron chi connectivity index (χ2n) is 4.89. The van der Waals surface area contributed by atoms with Crippen LogP contribution in [0.2, 0.25) is 10.0 Å². The molecule has 0 saturated carbocycles. The number of rotatable bonds is 3. The first-order chi connectivity index (χ1) is 11.7. The maximum absolute atomic E-state index is 12.2. The zero-order chi connectivity index (χ0) is 18.5. The Bertz CT molecular complexity index is 1120. The lowest BCUT2D eigenvalue weighted by atomic mass is 10.2. The van der Waals surface area contributed by atoms with Crippen LogP contribution in [0.25, 0.3) is 16.7 Å². The van der Waals surface area contributed by atoms with E-state index in [0.29, 0.717) is 0 Å². The number of aromatic hydroxyl groups is 1. The maximum atomic E-state index is 12.2. The van der Waals surface area contributed by atoms with Crippen LogP contribution < -0.4 is 5.69 Å². The van der Waals surface area contributed by atoms with Crippen molar-refractivity contribution in [2.75, 3.05) is 0 Å². The quantitative estimate of drug-likeness (QED) is 0.523. The van der Waals surface area contributed by atoms with E-state index >= 15 is 0 Å². The first-order valence-electron chi connectivity index (χ1n) is 6.46. The van der Waals surface area contributed by atoms with E-state index < -0.39 is 32.7 Å². The minimum Gasteiger partial charge on any atom is -0.504 e. The molecule has 0 unspecified atom stereocenters. The number of phenolic OH excluding ortho intramolecular Hbond substituents is 1. The number of hydrogen-bond donors (Lipinski definition) is 2. The Morgan fingerprint density at radius 2 is 1.64 bits per heavy atom. The number of nitrogens with zero attached hydrogens (tertiary/aromatic N) is 3. The lowest BCUT2D eigenvalue weighted by Crippen LogP contribution is -2.14. The fourth-order valence-electron chi connectivity index (χ4n) is 2.39. The number of H-pyrrole nitrogens is 1. The molecule has 0 fully saturated rings. The first-order valence-corrected chi connectivity index (χ1v) is 7.22. The molecule has 0 aliphatic heterocycles. The van der Waals surface area contributed by atoms with Crippen molar-refractivity contribution < 1.29 is 15.0 Å². The summed E-state index contributed by atoms with van der Waals surface area (Å²) in [6, 6.07) is 4.20. The number of aromatic nitrogens is 2. The van der Waals surface area contributed by atoms with Gasteiger partial charge in [-0.2, -0.15) is 0 Å². The third-order valence-corrected chi connectivity index (χ3v) is 3.93. The second kappa shape index (κ2) is 5.76. The summed E-state index contributed by atoms with van der Waals surface area (Å²) < 4.78 is 0.888. The highest BCUT2D eigenvalue weighted by molar-refractivity contribution is 6.36. The molecule has 0 bridgehead atoms. The first kappa shape index (κ1) is 16.7. The lowest BCUT2D eigenvalue weighted by Gasteiger charge is -2.08. The molecular formula is C13H6Cl2N4O6. The van der Waals surface area contributed by atoms with Gasteiger partial charge >= 0.3 is 17.1 Å². The van der Waals surface area contributed by atoms with Crippen LogP contribution in [0.5, 0.6) is 5.75 Å². The van der Waals surface area contributed by atoms with Crippen LogP contribution in [-0.4, -0.2) is 24.5 Å². The molecule has 25 heavy (non-hydrogen) atoms. The van der Waals surface area contributed by atoms with Crippen molar-refractivity contribution in [3.63, 3.8) is 0 Å². The Morgan fingerprint density at radius 1 is 1.04 bits per heavy atom. The van der Waals surface area contributed by atoms with Crippen LogP contribution >= 0.6 is 23.2 Å². The molecule has 3 rings (SSSR count). The molecule has 0 amide bonds. The number of hydrogen-bond acceptors (Lipinski definition) is 6. The van der Waals surface area contributed by atoms with Crippen molar-refractivity contribution in [3.05, 3.63) is 65.0 Å². The van der Waals surface area contributed by atoms with Crippen molar-refractivity contribution >= 4 is 45.6 Å². The molecule has 1 aromatic heterocycles. The normalized spacial score (nSPS) is 11.0. The number of nitrogens with one attached hydrogen (secondary N) is 1. The van der Waals surface area contributed by atoms with Gasteiger partial charge < -0.3 is 10.1 Å². The Balaban J connectivity index is 2.44. The van der Waals surface area contributed by atoms with Crippen molar-refractivity contribution in [1.82, 2.24) is 9.55 Å². The second-order valence-corrected chi connectivity index (χ2v) is 5.74. The van der Waals surface area contributed by atoms with E-state index in [9.17, 15) is 30.1 Å². The van der Waals surface area contributed by atoms with E-state index in [1.807, 2.05) is 0 Å². The molecule has 3 aromatic rings. The molecule has 0 aliphatic carbocycles. The molecule has 0 radical (unpaired) electrons. The minimum absolute atomic E-state index is 0.0298. The molecule has 0 spiro atoms. The van der Waals surface area contributed by atoms with Crippen LogP contribution in [0.15, 0.2) is 29.1 Å². The molecule has 0 aliphatic rings. The van der Waals surface area contributed by atoms with Gasteiger partial charge in [0.25, 0.3) is 0 Å². The summed E-state index contributed by atoms with van der Waals surface area (Å²) in [5.41, 5.74) is -2.60. The summed E-state index contributed by atoms with van der Waals surface area (Å²) in [6.45, 7) is 0. The fraction of sp³-hybridized carbons (Fsp3) is 0. The number of benzene rings is 2. The Hall–Kier alpha value is -3.11. The molecule has 2 aromatic carbocycles. The van der Waals surface area contributed by atoms with Crippen molar-refractivity contribution in [1.29, 1.82) is 0 Å². The van der Waals surface area contributed by atoms with Gasteiger partial charge in [0.15, 0.2) is 5.75 Å². The lowest BCUT2D eigenvalue weighted by molar-refractivity contribution is -0.422. The molecule has 12 heteroatoms. The fourth-order valence-corrected chi connectivity index (χ4v) is 2.87. The van der Waals surface area contributed by atoms with Crippen molar-refractivity contribution in [2.45, 2.75) is 0 Å². The molecule has 0 saturated heterocycles. The summed E-state index contributed by atoms with van der Waals surface area (Å²) in [4.78, 5) is 34.8. The molecule has 10 nitrogen and oxygen atoms in total. The van der Waals surface area contributed by atoms with E-state index in [1.165, 1.54) is 12.1 Å². The van der Waals surface area contributed by atoms with Gasteiger partial charge in [0, 0.05) is 17.2 Å². The van der Waals surface area contributed by atoms with Gasteiger partial charge in [0.1, 0.15) is 0 Å². The summed E-state index contributed by atoms with van der Waals surface area (Å²) in [5.74, 6) is -0.477. The van der Waals surface area contributed by atoms with E-state index in [2.05, 4.69) is 4.98 Å². The average molecular weight is 385 g/mol. The zero-order valence-corrected chi connectivity index (χ0v) is 13.4. The number of phenols is 1. The molecule has 2 N–H and O–H groups in total. The van der Waals surface area contributed by atoms with E-state index in [-0.39, 0.29) is 26.8 Å². The highest BCUT2D eigenvalue weighted by Crippen LogP contribution is 2.36. The number of imidazole rings is 1. The standard InChI is InChI=1S/C13H6Cl2N4O6/c14-5-1-6(15)12(20)11(2-5)17-8-4-10(19(24)25)9(18(22)23)3-7(8)16-13(17)21/h1-4,20H,(H,16,21). The number of fused-ring (bicyclic) bond motifs is 1. The largest absolute Gasteiger partial charge is 0.504 e. The highest BCUT2D eigenvalue weighted by atomic mass is 35.5. The van der Waals surface area contributed by atoms with Crippen LogP contribution in [-0.2, 0) is 0 Å². The van der Waals surface area contributed by atoms with E-state index in [0.717, 1.165) is 16.7 Å². The maximum Gasteiger partial charge on any atom is 0.348 e. The Kier molecular flexibility index (Phi) is 3.85. The third kappa shape index (κ3) is 2.66. The van der Waals surface area contributed by atoms with Crippen molar-refractivity contribution in [3.8, 4) is 11.4 Å². The predicted octanol–water partition coefficient (Wildman–Crippen LogP) is 3.15. The topological polar surface area (TPSA) is 144 Å². The average Bonchev–Trinajstić information content (AvgIpc) is 2.84. The van der Waals surface area contributed by atoms with E-state index in [4.69, 9.17) is 23.2 Å². The molecule has 1 heterocycles. The summed E-state index contributed by atoms with van der Waals surface area (Å²) in [5, 5.41) is 32.2. The monoisotopic (exact) mass is 384 g/mol. The Labute approximate surface area is 147 Å². The van der Waals surface area contributed by atoms with E-state index in [1.54, 1.807) is 0 Å². The molecular weight excluding hydrogens is 379 g/mol. The van der Waals surface area contributed by atoms with Crippen LogP contribution in [0, 0.1) is 20.2 Å². The predicted molar refractivity (Wildman–Crippen MR) is 88.9 cm³/mol. The van der Waals surface area contributed by atoms with Gasteiger partial charge in [-0.15, -0.1) is 0 Å². The van der Waals surface area contributed by atoms with Crippen LogP contribution in [0.4, 0.5) is 11.4 Å². The smallest absolute Gasteiger partial charge is 0.348 e. The van der Waals surface area contributed by atoms with Gasteiger partial charge in [0.2, 0.25) is 0 Å². The van der Waals surface area contributed by atoms with Gasteiger partial charge in [0.05, 0.1) is 31.6 Å². The SMILES string of the molecule is O=c1[nH]c2cc([N+](=O)[O-])c([N+](=O)[O-])cc2n1-c1cc(Cl)cc(Cl)c1O. The minimum atomic E-state index is -0.940. The number of nitro groups is 2. The molecule has 0 atom stereocenters.